The highest BCUT2D eigenvalue weighted by molar-refractivity contribution is 5.94. The van der Waals surface area contributed by atoms with Crippen LogP contribution in [0, 0.1) is 11.6 Å². The molecule has 0 aliphatic carbocycles. The van der Waals surface area contributed by atoms with E-state index in [2.05, 4.69) is 5.32 Å². The molecule has 0 bridgehead atoms. The summed E-state index contributed by atoms with van der Waals surface area (Å²) in [6.07, 6.45) is 5.27. The summed E-state index contributed by atoms with van der Waals surface area (Å²) in [6.45, 7) is 1.69. The molecule has 1 amide bonds. The second-order valence-electron chi connectivity index (χ2n) is 5.89. The molecule has 2 aliphatic heterocycles. The molecule has 0 radical (unpaired) electrons. The third-order valence-corrected chi connectivity index (χ3v) is 4.54. The number of likely N-dealkylation sites (tertiary alicyclic amines) is 1. The number of benzene rings is 1. The average molecular weight is 294 g/mol. The number of amides is 1. The van der Waals surface area contributed by atoms with Crippen LogP contribution in [0.2, 0.25) is 0 Å². The lowest BCUT2D eigenvalue weighted by molar-refractivity contribution is 0.0563. The minimum atomic E-state index is -0.964. The van der Waals surface area contributed by atoms with E-state index in [0.29, 0.717) is 12.6 Å². The fraction of sp³-hybridized carbons (Fsp3) is 0.562. The van der Waals surface area contributed by atoms with Crippen molar-refractivity contribution in [1.82, 2.24) is 10.2 Å². The van der Waals surface area contributed by atoms with E-state index in [-0.39, 0.29) is 17.5 Å². The lowest BCUT2D eigenvalue weighted by Gasteiger charge is -2.39. The van der Waals surface area contributed by atoms with Crippen molar-refractivity contribution in [1.29, 1.82) is 0 Å². The number of nitrogens with zero attached hydrogens (tertiary/aromatic N) is 1. The Labute approximate surface area is 123 Å². The van der Waals surface area contributed by atoms with Crippen LogP contribution in [0.5, 0.6) is 0 Å². The zero-order chi connectivity index (χ0) is 14.8. The SMILES string of the molecule is O=C(c1ccc(F)c(F)c1)N1CCCCC1C1CCCN1. The highest BCUT2D eigenvalue weighted by Crippen LogP contribution is 2.26. The van der Waals surface area contributed by atoms with E-state index in [1.807, 2.05) is 4.90 Å². The van der Waals surface area contributed by atoms with E-state index in [1.54, 1.807) is 0 Å². The fourth-order valence-electron chi connectivity index (χ4n) is 3.46. The van der Waals surface area contributed by atoms with Gasteiger partial charge in [0.05, 0.1) is 0 Å². The van der Waals surface area contributed by atoms with Gasteiger partial charge in [0, 0.05) is 24.2 Å². The molecule has 2 atom stereocenters. The van der Waals surface area contributed by atoms with Crippen LogP contribution < -0.4 is 5.32 Å². The molecule has 0 aromatic heterocycles. The maximum absolute atomic E-state index is 13.3. The molecule has 2 fully saturated rings. The van der Waals surface area contributed by atoms with Crippen molar-refractivity contribution < 1.29 is 13.6 Å². The summed E-state index contributed by atoms with van der Waals surface area (Å²) in [5.41, 5.74) is 0.235. The number of rotatable bonds is 2. The topological polar surface area (TPSA) is 32.3 Å². The van der Waals surface area contributed by atoms with E-state index in [9.17, 15) is 13.6 Å². The zero-order valence-electron chi connectivity index (χ0n) is 11.9. The van der Waals surface area contributed by atoms with Crippen LogP contribution in [0.4, 0.5) is 8.78 Å². The van der Waals surface area contributed by atoms with Crippen LogP contribution in [-0.2, 0) is 0 Å². The number of hydrogen-bond acceptors (Lipinski definition) is 2. The second-order valence-corrected chi connectivity index (χ2v) is 5.89. The number of carbonyl (C=O) groups is 1. The molecular weight excluding hydrogens is 274 g/mol. The smallest absolute Gasteiger partial charge is 0.254 e. The van der Waals surface area contributed by atoms with Crippen molar-refractivity contribution in [2.45, 2.75) is 44.2 Å². The quantitative estimate of drug-likeness (QED) is 0.909. The molecule has 2 unspecified atom stereocenters. The summed E-state index contributed by atoms with van der Waals surface area (Å²) in [6, 6.07) is 3.90. The second kappa shape index (κ2) is 6.10. The first-order valence-corrected chi connectivity index (χ1v) is 7.66. The minimum Gasteiger partial charge on any atom is -0.334 e. The Morgan fingerprint density at radius 3 is 2.71 bits per heavy atom. The van der Waals surface area contributed by atoms with E-state index < -0.39 is 11.6 Å². The normalized spacial score (nSPS) is 26.1. The van der Waals surface area contributed by atoms with Crippen LogP contribution in [-0.4, -0.2) is 36.0 Å². The Morgan fingerprint density at radius 2 is 2.00 bits per heavy atom. The van der Waals surface area contributed by atoms with Crippen LogP contribution in [0.1, 0.15) is 42.5 Å². The van der Waals surface area contributed by atoms with Gasteiger partial charge in [0.1, 0.15) is 0 Å². The molecule has 0 saturated carbocycles. The maximum Gasteiger partial charge on any atom is 0.254 e. The molecule has 5 heteroatoms. The molecule has 0 spiro atoms. The summed E-state index contributed by atoms with van der Waals surface area (Å²) in [7, 11) is 0. The molecule has 2 aliphatic rings. The summed E-state index contributed by atoms with van der Waals surface area (Å²) in [4.78, 5) is 14.5. The summed E-state index contributed by atoms with van der Waals surface area (Å²) < 4.78 is 26.4. The number of nitrogens with one attached hydrogen (secondary N) is 1. The molecule has 1 N–H and O–H groups in total. The largest absolute Gasteiger partial charge is 0.334 e. The van der Waals surface area contributed by atoms with Crippen LogP contribution in [0.3, 0.4) is 0 Å². The lowest BCUT2D eigenvalue weighted by Crippen LogP contribution is -2.52. The molecule has 1 aromatic carbocycles. The third kappa shape index (κ3) is 2.93. The van der Waals surface area contributed by atoms with Gasteiger partial charge in [-0.05, 0) is 56.8 Å². The van der Waals surface area contributed by atoms with Gasteiger partial charge in [-0.25, -0.2) is 8.78 Å². The molecular formula is C16H20F2N2O. The summed E-state index contributed by atoms with van der Waals surface area (Å²) >= 11 is 0. The Hall–Kier alpha value is -1.49. The van der Waals surface area contributed by atoms with Crippen molar-refractivity contribution >= 4 is 5.91 Å². The summed E-state index contributed by atoms with van der Waals surface area (Å²) in [5.74, 6) is -2.07. The number of carbonyl (C=O) groups excluding carboxylic acids is 1. The highest BCUT2D eigenvalue weighted by Gasteiger charge is 2.34. The van der Waals surface area contributed by atoms with Gasteiger partial charge >= 0.3 is 0 Å². The van der Waals surface area contributed by atoms with Crippen LogP contribution in [0.15, 0.2) is 18.2 Å². The monoisotopic (exact) mass is 294 g/mol. The molecule has 1 aromatic rings. The Kier molecular flexibility index (Phi) is 4.19. The first-order chi connectivity index (χ1) is 10.2. The van der Waals surface area contributed by atoms with E-state index in [4.69, 9.17) is 0 Å². The molecule has 3 rings (SSSR count). The van der Waals surface area contributed by atoms with Gasteiger partial charge in [-0.2, -0.15) is 0 Å². The maximum atomic E-state index is 13.3. The zero-order valence-corrected chi connectivity index (χ0v) is 11.9. The Balaban J connectivity index is 1.81. The van der Waals surface area contributed by atoms with Crippen molar-refractivity contribution in [2.24, 2.45) is 0 Å². The number of hydrogen-bond donors (Lipinski definition) is 1. The van der Waals surface area contributed by atoms with Gasteiger partial charge in [0.2, 0.25) is 0 Å². The van der Waals surface area contributed by atoms with Crippen molar-refractivity contribution in [3.63, 3.8) is 0 Å². The summed E-state index contributed by atoms with van der Waals surface area (Å²) in [5, 5.41) is 3.46. The lowest BCUT2D eigenvalue weighted by atomic mass is 9.93. The van der Waals surface area contributed by atoms with Crippen LogP contribution >= 0.6 is 0 Å². The predicted molar refractivity (Wildman–Crippen MR) is 76.1 cm³/mol. The van der Waals surface area contributed by atoms with Crippen LogP contribution in [0.25, 0.3) is 0 Å². The molecule has 3 nitrogen and oxygen atoms in total. The first kappa shape index (κ1) is 14.4. The predicted octanol–water partition coefficient (Wildman–Crippen LogP) is 2.71. The molecule has 21 heavy (non-hydrogen) atoms. The molecule has 2 saturated heterocycles. The third-order valence-electron chi connectivity index (χ3n) is 4.54. The van der Waals surface area contributed by atoms with Crippen molar-refractivity contribution in [3.05, 3.63) is 35.4 Å². The number of halogens is 2. The first-order valence-electron chi connectivity index (χ1n) is 7.66. The van der Waals surface area contributed by atoms with Gasteiger partial charge < -0.3 is 10.2 Å². The van der Waals surface area contributed by atoms with Gasteiger partial charge in [0.15, 0.2) is 11.6 Å². The van der Waals surface area contributed by atoms with Crippen molar-refractivity contribution in [3.8, 4) is 0 Å². The molecule has 114 valence electrons. The van der Waals surface area contributed by atoms with Gasteiger partial charge in [-0.1, -0.05) is 0 Å². The minimum absolute atomic E-state index is 0.168. The van der Waals surface area contributed by atoms with Gasteiger partial charge in [-0.15, -0.1) is 0 Å². The van der Waals surface area contributed by atoms with Gasteiger partial charge in [-0.3, -0.25) is 4.79 Å². The standard InChI is InChI=1S/C16H20F2N2O/c17-12-7-6-11(10-13(12)18)16(21)20-9-2-1-5-15(20)14-4-3-8-19-14/h6-7,10,14-15,19H,1-5,8-9H2. The van der Waals surface area contributed by atoms with E-state index in [0.717, 1.165) is 50.8 Å². The Bertz CT molecular complexity index is 529. The highest BCUT2D eigenvalue weighted by atomic mass is 19.2. The molecule has 2 heterocycles. The number of piperidine rings is 1. The van der Waals surface area contributed by atoms with Gasteiger partial charge in [0.25, 0.3) is 5.91 Å². The van der Waals surface area contributed by atoms with E-state index in [1.165, 1.54) is 6.07 Å². The average Bonchev–Trinajstić information content (AvgIpc) is 3.03. The Morgan fingerprint density at radius 1 is 1.14 bits per heavy atom. The van der Waals surface area contributed by atoms with E-state index >= 15 is 0 Å². The fourth-order valence-corrected chi connectivity index (χ4v) is 3.46. The van der Waals surface area contributed by atoms with Crippen molar-refractivity contribution in [2.75, 3.05) is 13.1 Å².